The van der Waals surface area contributed by atoms with E-state index in [1.165, 1.54) is 77.0 Å². The molecule has 0 aromatic rings. The van der Waals surface area contributed by atoms with E-state index in [1.54, 1.807) is 0 Å². The Kier molecular flexibility index (Phi) is 15.6. The summed E-state index contributed by atoms with van der Waals surface area (Å²) in [4.78, 5) is 12.2. The first-order chi connectivity index (χ1) is 15.4. The number of ether oxygens (including phenoxy) is 1. The number of carbonyl (C=O) groups excluding carboxylic acids is 1. The predicted octanol–water partition coefficient (Wildman–Crippen LogP) is 3.37. The standard InChI is InChI=1S/C25H48O7/c1-2-3-4-5-6-7-8-9-10-11-12-13-14-15-16-17-20(27)18-25(31)24(30)23(29)22(28)21(19-26)32-25/h21-24,26,28-31H,2-19H2,1H3/t21-,22-,23+,24+,25+/m1/s1. The van der Waals surface area contributed by atoms with Crippen LogP contribution < -0.4 is 0 Å². The highest BCUT2D eigenvalue weighted by Crippen LogP contribution is 2.31. The molecular formula is C25H48O7. The lowest BCUT2D eigenvalue weighted by molar-refractivity contribution is -0.347. The molecule has 0 bridgehead atoms. The Bertz CT molecular complexity index is 485. The Balaban J connectivity index is 2.03. The fourth-order valence-corrected chi connectivity index (χ4v) is 4.43. The van der Waals surface area contributed by atoms with Crippen molar-refractivity contribution in [3.05, 3.63) is 0 Å². The monoisotopic (exact) mass is 460 g/mol. The average Bonchev–Trinajstić information content (AvgIpc) is 2.77. The van der Waals surface area contributed by atoms with E-state index in [0.29, 0.717) is 6.42 Å². The molecule has 0 radical (unpaired) electrons. The van der Waals surface area contributed by atoms with Gasteiger partial charge in [-0.05, 0) is 6.42 Å². The molecule has 1 rings (SSSR count). The molecule has 1 heterocycles. The molecule has 0 saturated carbocycles. The summed E-state index contributed by atoms with van der Waals surface area (Å²) in [6.07, 6.45) is 12.1. The number of unbranched alkanes of at least 4 members (excludes halogenated alkanes) is 14. The largest absolute Gasteiger partial charge is 0.394 e. The quantitative estimate of drug-likeness (QED) is 0.187. The zero-order valence-corrected chi connectivity index (χ0v) is 20.1. The lowest BCUT2D eigenvalue weighted by Crippen LogP contribution is -2.65. The van der Waals surface area contributed by atoms with Crippen molar-refractivity contribution >= 4 is 5.78 Å². The summed E-state index contributed by atoms with van der Waals surface area (Å²) in [6, 6.07) is 0. The summed E-state index contributed by atoms with van der Waals surface area (Å²) in [5.74, 6) is -2.57. The molecular weight excluding hydrogens is 412 g/mol. The van der Waals surface area contributed by atoms with Crippen molar-refractivity contribution in [1.29, 1.82) is 0 Å². The zero-order chi connectivity index (χ0) is 23.8. The first-order valence-corrected chi connectivity index (χ1v) is 12.9. The van der Waals surface area contributed by atoms with Crippen LogP contribution in [0.25, 0.3) is 0 Å². The van der Waals surface area contributed by atoms with Crippen molar-refractivity contribution in [1.82, 2.24) is 0 Å². The fraction of sp³-hybridized carbons (Fsp3) is 0.960. The SMILES string of the molecule is CCCCCCCCCCCCCCCCCC(=O)C[C@]1(O)O[C@H](CO)[C@@H](O)[C@H](O)[C@@H]1O. The van der Waals surface area contributed by atoms with Crippen molar-refractivity contribution in [2.24, 2.45) is 0 Å². The van der Waals surface area contributed by atoms with Crippen LogP contribution in [0, 0.1) is 0 Å². The van der Waals surface area contributed by atoms with Gasteiger partial charge in [-0.1, -0.05) is 96.8 Å². The van der Waals surface area contributed by atoms with Gasteiger partial charge >= 0.3 is 0 Å². The van der Waals surface area contributed by atoms with E-state index >= 15 is 0 Å². The van der Waals surface area contributed by atoms with E-state index in [-0.39, 0.29) is 12.2 Å². The molecule has 0 unspecified atom stereocenters. The lowest BCUT2D eigenvalue weighted by atomic mass is 9.89. The minimum absolute atomic E-state index is 0.263. The molecule has 0 aromatic carbocycles. The molecule has 7 heteroatoms. The number of hydrogen-bond acceptors (Lipinski definition) is 7. The van der Waals surface area contributed by atoms with Crippen molar-refractivity contribution < 1.29 is 35.1 Å². The molecule has 1 fully saturated rings. The molecule has 190 valence electrons. The van der Waals surface area contributed by atoms with Gasteiger partial charge in [0.15, 0.2) is 0 Å². The van der Waals surface area contributed by atoms with Crippen molar-refractivity contribution in [3.63, 3.8) is 0 Å². The first-order valence-electron chi connectivity index (χ1n) is 12.9. The van der Waals surface area contributed by atoms with Crippen LogP contribution in [0.1, 0.15) is 116 Å². The molecule has 5 atom stereocenters. The summed E-state index contributed by atoms with van der Waals surface area (Å²) in [5.41, 5.74) is 0. The third-order valence-electron chi connectivity index (χ3n) is 6.56. The lowest BCUT2D eigenvalue weighted by Gasteiger charge is -2.45. The van der Waals surface area contributed by atoms with E-state index in [2.05, 4.69) is 6.92 Å². The van der Waals surface area contributed by atoms with Gasteiger partial charge in [0.2, 0.25) is 5.79 Å². The highest BCUT2D eigenvalue weighted by atomic mass is 16.7. The highest BCUT2D eigenvalue weighted by Gasteiger charge is 2.53. The maximum absolute atomic E-state index is 12.2. The summed E-state index contributed by atoms with van der Waals surface area (Å²) in [6.45, 7) is 1.61. The Morgan fingerprint density at radius 2 is 1.19 bits per heavy atom. The second-order valence-electron chi connectivity index (χ2n) is 9.52. The molecule has 0 aliphatic carbocycles. The van der Waals surface area contributed by atoms with Crippen LogP contribution in [0.3, 0.4) is 0 Å². The summed E-state index contributed by atoms with van der Waals surface area (Å²) in [7, 11) is 0. The molecule has 7 nitrogen and oxygen atoms in total. The topological polar surface area (TPSA) is 127 Å². The smallest absolute Gasteiger partial charge is 0.202 e. The molecule has 1 aliphatic rings. The van der Waals surface area contributed by atoms with Gasteiger partial charge in [-0.25, -0.2) is 0 Å². The van der Waals surface area contributed by atoms with Crippen LogP contribution in [-0.4, -0.2) is 68.1 Å². The van der Waals surface area contributed by atoms with Gasteiger partial charge in [0, 0.05) is 6.42 Å². The molecule has 0 amide bonds. The van der Waals surface area contributed by atoms with Crippen LogP contribution in [0.2, 0.25) is 0 Å². The van der Waals surface area contributed by atoms with Gasteiger partial charge in [-0.3, -0.25) is 4.79 Å². The van der Waals surface area contributed by atoms with Crippen molar-refractivity contribution in [2.75, 3.05) is 6.61 Å². The number of hydrogen-bond donors (Lipinski definition) is 5. The van der Waals surface area contributed by atoms with Gasteiger partial charge in [0.1, 0.15) is 30.2 Å². The Labute approximate surface area is 194 Å². The van der Waals surface area contributed by atoms with Crippen LogP contribution >= 0.6 is 0 Å². The molecule has 32 heavy (non-hydrogen) atoms. The minimum Gasteiger partial charge on any atom is -0.394 e. The number of ketones is 1. The van der Waals surface area contributed by atoms with Crippen molar-refractivity contribution in [2.45, 2.75) is 146 Å². The summed E-state index contributed by atoms with van der Waals surface area (Å²) >= 11 is 0. The van der Waals surface area contributed by atoms with E-state index in [0.717, 1.165) is 12.8 Å². The van der Waals surface area contributed by atoms with Gasteiger partial charge in [-0.2, -0.15) is 0 Å². The normalized spacial score (nSPS) is 28.2. The van der Waals surface area contributed by atoms with Crippen LogP contribution in [0.5, 0.6) is 0 Å². The maximum Gasteiger partial charge on any atom is 0.202 e. The molecule has 5 N–H and O–H groups in total. The minimum atomic E-state index is -2.29. The number of aliphatic hydroxyl groups is 5. The molecule has 0 aromatic heterocycles. The second-order valence-corrected chi connectivity index (χ2v) is 9.52. The number of rotatable bonds is 19. The molecule has 1 saturated heterocycles. The fourth-order valence-electron chi connectivity index (χ4n) is 4.43. The maximum atomic E-state index is 12.2. The van der Waals surface area contributed by atoms with E-state index in [1.807, 2.05) is 0 Å². The number of Topliss-reactive ketones (excluding diaryl/α,β-unsaturated/α-hetero) is 1. The van der Waals surface area contributed by atoms with Gasteiger partial charge in [-0.15, -0.1) is 0 Å². The third kappa shape index (κ3) is 11.0. The van der Waals surface area contributed by atoms with E-state index in [4.69, 9.17) is 4.74 Å². The summed E-state index contributed by atoms with van der Waals surface area (Å²) in [5, 5.41) is 49.3. The average molecular weight is 461 g/mol. The predicted molar refractivity (Wildman–Crippen MR) is 124 cm³/mol. The van der Waals surface area contributed by atoms with Crippen LogP contribution in [0.15, 0.2) is 0 Å². The highest BCUT2D eigenvalue weighted by molar-refractivity contribution is 5.79. The number of aliphatic hydroxyl groups excluding tert-OH is 4. The van der Waals surface area contributed by atoms with Crippen molar-refractivity contribution in [3.8, 4) is 0 Å². The number of carbonyl (C=O) groups is 1. The van der Waals surface area contributed by atoms with Gasteiger partial charge in [0.05, 0.1) is 13.0 Å². The zero-order valence-electron chi connectivity index (χ0n) is 20.1. The van der Waals surface area contributed by atoms with Gasteiger partial charge in [0.25, 0.3) is 0 Å². The summed E-state index contributed by atoms with van der Waals surface area (Å²) < 4.78 is 5.14. The van der Waals surface area contributed by atoms with Gasteiger partial charge < -0.3 is 30.3 Å². The Morgan fingerprint density at radius 1 is 0.750 bits per heavy atom. The second kappa shape index (κ2) is 17.0. The Hall–Kier alpha value is -0.570. The van der Waals surface area contributed by atoms with E-state index in [9.17, 15) is 30.3 Å². The molecule has 1 aliphatic heterocycles. The van der Waals surface area contributed by atoms with Crippen LogP contribution in [0.4, 0.5) is 0 Å². The van der Waals surface area contributed by atoms with Crippen LogP contribution in [-0.2, 0) is 9.53 Å². The third-order valence-corrected chi connectivity index (χ3v) is 6.56. The first kappa shape index (κ1) is 29.5. The van der Waals surface area contributed by atoms with E-state index < -0.39 is 43.2 Å². The Morgan fingerprint density at radius 3 is 1.62 bits per heavy atom. The molecule has 0 spiro atoms.